The number of nitrogens with two attached hydrogens (primary N) is 1. The van der Waals surface area contributed by atoms with Gasteiger partial charge in [0.1, 0.15) is 17.0 Å². The van der Waals surface area contributed by atoms with Gasteiger partial charge in [-0.15, -0.1) is 11.3 Å². The van der Waals surface area contributed by atoms with E-state index in [1.54, 1.807) is 17.7 Å². The number of amides is 1. The summed E-state index contributed by atoms with van der Waals surface area (Å²) in [5.74, 6) is 0.586. The number of hydrogen-bond donors (Lipinski definition) is 2. The second-order valence-electron chi connectivity index (χ2n) is 6.72. The highest BCUT2D eigenvalue weighted by Crippen LogP contribution is 2.39. The Balaban J connectivity index is 1.64. The molecule has 0 spiro atoms. The van der Waals surface area contributed by atoms with Crippen molar-refractivity contribution in [3.8, 4) is 0 Å². The standard InChI is InChI=1S/C17H22N4O2S/c18-16(22)17(5-7-23-8-6-17)9-19-14-13-11-3-1-2-4-12(11)24-15(13)21-10-20-14/h10H,1-9H2,(H2,18,22)(H,19,20,21). The number of thiophene rings is 1. The number of fused-ring (bicyclic) bond motifs is 3. The molecule has 0 unspecified atom stereocenters. The molecule has 128 valence electrons. The molecule has 1 amide bonds. The quantitative estimate of drug-likeness (QED) is 0.886. The van der Waals surface area contributed by atoms with Crippen LogP contribution < -0.4 is 11.1 Å². The lowest BCUT2D eigenvalue weighted by atomic mass is 9.79. The second kappa shape index (κ2) is 6.29. The summed E-state index contributed by atoms with van der Waals surface area (Å²) in [6.45, 7) is 1.66. The van der Waals surface area contributed by atoms with Crippen LogP contribution in [0.25, 0.3) is 10.2 Å². The number of nitrogens with one attached hydrogen (secondary N) is 1. The molecule has 1 fully saturated rings. The summed E-state index contributed by atoms with van der Waals surface area (Å²) < 4.78 is 5.40. The number of primary amides is 1. The highest BCUT2D eigenvalue weighted by atomic mass is 32.1. The van der Waals surface area contributed by atoms with E-state index in [1.165, 1.54) is 23.3 Å². The number of anilines is 1. The number of carbonyl (C=O) groups is 1. The molecule has 3 N–H and O–H groups in total. The molecule has 4 rings (SSSR count). The molecule has 6 nitrogen and oxygen atoms in total. The lowest BCUT2D eigenvalue weighted by Crippen LogP contribution is -2.46. The number of rotatable bonds is 4. The summed E-state index contributed by atoms with van der Waals surface area (Å²) in [5.41, 5.74) is 6.55. The van der Waals surface area contributed by atoms with Crippen LogP contribution in [0.4, 0.5) is 5.82 Å². The summed E-state index contributed by atoms with van der Waals surface area (Å²) in [6.07, 6.45) is 7.62. The lowest BCUT2D eigenvalue weighted by molar-refractivity contribution is -0.132. The van der Waals surface area contributed by atoms with Crippen LogP contribution in [0.1, 0.15) is 36.1 Å². The Morgan fingerprint density at radius 2 is 2.08 bits per heavy atom. The maximum Gasteiger partial charge on any atom is 0.225 e. The maximum atomic E-state index is 12.0. The molecule has 1 saturated heterocycles. The molecule has 0 radical (unpaired) electrons. The van der Waals surface area contributed by atoms with E-state index in [-0.39, 0.29) is 5.91 Å². The van der Waals surface area contributed by atoms with E-state index >= 15 is 0 Å². The zero-order valence-corrected chi connectivity index (χ0v) is 14.5. The Morgan fingerprint density at radius 1 is 1.29 bits per heavy atom. The fourth-order valence-electron chi connectivity index (χ4n) is 3.75. The second-order valence-corrected chi connectivity index (χ2v) is 7.81. The number of carbonyl (C=O) groups excluding carboxylic acids is 1. The molecule has 0 saturated carbocycles. The summed E-state index contributed by atoms with van der Waals surface area (Å²) in [7, 11) is 0. The minimum atomic E-state index is -0.550. The first-order valence-corrected chi connectivity index (χ1v) is 9.38. The topological polar surface area (TPSA) is 90.1 Å². The predicted octanol–water partition coefficient (Wildman–Crippen LogP) is 2.26. The van der Waals surface area contributed by atoms with Gasteiger partial charge in [-0.1, -0.05) is 0 Å². The van der Waals surface area contributed by atoms with Crippen molar-refractivity contribution in [1.82, 2.24) is 9.97 Å². The van der Waals surface area contributed by atoms with Crippen LogP contribution in [0, 0.1) is 5.41 Å². The first kappa shape index (κ1) is 15.8. The van der Waals surface area contributed by atoms with E-state index in [2.05, 4.69) is 15.3 Å². The molecule has 7 heteroatoms. The fourth-order valence-corrected chi connectivity index (χ4v) is 4.98. The minimum Gasteiger partial charge on any atom is -0.381 e. The third-order valence-corrected chi connectivity index (χ3v) is 6.52. The van der Waals surface area contributed by atoms with Crippen molar-refractivity contribution >= 4 is 33.3 Å². The molecule has 0 aromatic carbocycles. The highest BCUT2D eigenvalue weighted by molar-refractivity contribution is 7.19. The zero-order valence-electron chi connectivity index (χ0n) is 13.6. The van der Waals surface area contributed by atoms with Crippen LogP contribution >= 0.6 is 11.3 Å². The van der Waals surface area contributed by atoms with Crippen LogP contribution in [0.5, 0.6) is 0 Å². The van der Waals surface area contributed by atoms with Crippen LogP contribution in [-0.2, 0) is 22.4 Å². The third kappa shape index (κ3) is 2.65. The van der Waals surface area contributed by atoms with Gasteiger partial charge in [-0.2, -0.15) is 0 Å². The number of hydrogen-bond acceptors (Lipinski definition) is 6. The van der Waals surface area contributed by atoms with Crippen molar-refractivity contribution in [3.05, 3.63) is 16.8 Å². The number of aryl methyl sites for hydroxylation is 2. The van der Waals surface area contributed by atoms with E-state index in [4.69, 9.17) is 10.5 Å². The van der Waals surface area contributed by atoms with E-state index in [1.807, 2.05) is 0 Å². The molecule has 1 aliphatic carbocycles. The van der Waals surface area contributed by atoms with Crippen molar-refractivity contribution in [3.63, 3.8) is 0 Å². The Hall–Kier alpha value is -1.73. The Labute approximate surface area is 144 Å². The normalized spacial score (nSPS) is 19.8. The van der Waals surface area contributed by atoms with E-state index in [0.717, 1.165) is 28.9 Å². The van der Waals surface area contributed by atoms with Gasteiger partial charge in [0.2, 0.25) is 5.91 Å². The molecular weight excluding hydrogens is 324 g/mol. The SMILES string of the molecule is NC(=O)C1(CNc2ncnc3sc4c(c23)CCCC4)CCOCC1. The Kier molecular flexibility index (Phi) is 4.14. The van der Waals surface area contributed by atoms with Gasteiger partial charge >= 0.3 is 0 Å². The van der Waals surface area contributed by atoms with Gasteiger partial charge in [-0.25, -0.2) is 9.97 Å². The van der Waals surface area contributed by atoms with Crippen molar-refractivity contribution < 1.29 is 9.53 Å². The van der Waals surface area contributed by atoms with E-state index in [9.17, 15) is 4.79 Å². The molecule has 2 aliphatic rings. The van der Waals surface area contributed by atoms with Crippen LogP contribution in [-0.4, -0.2) is 35.6 Å². The van der Waals surface area contributed by atoms with Crippen LogP contribution in [0.2, 0.25) is 0 Å². The highest BCUT2D eigenvalue weighted by Gasteiger charge is 2.38. The maximum absolute atomic E-state index is 12.0. The van der Waals surface area contributed by atoms with Gasteiger partial charge in [0, 0.05) is 24.6 Å². The molecule has 3 heterocycles. The van der Waals surface area contributed by atoms with Gasteiger partial charge in [0.05, 0.1) is 10.8 Å². The van der Waals surface area contributed by atoms with E-state index < -0.39 is 5.41 Å². The predicted molar refractivity (Wildman–Crippen MR) is 94.2 cm³/mol. The third-order valence-electron chi connectivity index (χ3n) is 5.32. The average molecular weight is 346 g/mol. The van der Waals surface area contributed by atoms with Gasteiger partial charge in [0.25, 0.3) is 0 Å². The molecular formula is C17H22N4O2S. The summed E-state index contributed by atoms with van der Waals surface area (Å²) >= 11 is 1.78. The van der Waals surface area contributed by atoms with Gasteiger partial charge in [-0.3, -0.25) is 4.79 Å². The van der Waals surface area contributed by atoms with Crippen LogP contribution in [0.3, 0.4) is 0 Å². The number of ether oxygens (including phenoxy) is 1. The monoisotopic (exact) mass is 346 g/mol. The lowest BCUT2D eigenvalue weighted by Gasteiger charge is -2.34. The zero-order chi connectivity index (χ0) is 16.6. The van der Waals surface area contributed by atoms with E-state index in [0.29, 0.717) is 32.6 Å². The van der Waals surface area contributed by atoms with Gasteiger partial charge in [-0.05, 0) is 44.1 Å². The number of nitrogens with zero attached hydrogens (tertiary/aromatic N) is 2. The Morgan fingerprint density at radius 3 is 2.88 bits per heavy atom. The summed E-state index contributed by atoms with van der Waals surface area (Å²) in [6, 6.07) is 0. The minimum absolute atomic E-state index is 0.254. The molecule has 24 heavy (non-hydrogen) atoms. The molecule has 0 bridgehead atoms. The Bertz CT molecular complexity index is 767. The summed E-state index contributed by atoms with van der Waals surface area (Å²) in [4.78, 5) is 23.4. The van der Waals surface area contributed by atoms with Crippen LogP contribution in [0.15, 0.2) is 6.33 Å². The molecule has 0 atom stereocenters. The molecule has 2 aromatic rings. The van der Waals surface area contributed by atoms with Crippen molar-refractivity contribution in [1.29, 1.82) is 0 Å². The van der Waals surface area contributed by atoms with Crippen molar-refractivity contribution in [2.45, 2.75) is 38.5 Å². The fraction of sp³-hybridized carbons (Fsp3) is 0.588. The summed E-state index contributed by atoms with van der Waals surface area (Å²) in [5, 5.41) is 4.56. The molecule has 2 aromatic heterocycles. The first-order valence-electron chi connectivity index (χ1n) is 8.56. The van der Waals surface area contributed by atoms with Crippen molar-refractivity contribution in [2.75, 3.05) is 25.1 Å². The van der Waals surface area contributed by atoms with Gasteiger partial charge < -0.3 is 15.8 Å². The smallest absolute Gasteiger partial charge is 0.225 e. The average Bonchev–Trinajstić information content (AvgIpc) is 3.00. The van der Waals surface area contributed by atoms with Gasteiger partial charge in [0.15, 0.2) is 0 Å². The van der Waals surface area contributed by atoms with Crippen molar-refractivity contribution in [2.24, 2.45) is 11.1 Å². The largest absolute Gasteiger partial charge is 0.381 e. The number of aromatic nitrogens is 2. The molecule has 1 aliphatic heterocycles. The first-order chi connectivity index (χ1) is 11.7.